The van der Waals surface area contributed by atoms with Gasteiger partial charge in [0.2, 0.25) is 0 Å². The van der Waals surface area contributed by atoms with Crippen LogP contribution in [0.1, 0.15) is 31.1 Å². The summed E-state index contributed by atoms with van der Waals surface area (Å²) in [5.41, 5.74) is 0.892. The van der Waals surface area contributed by atoms with Crippen molar-refractivity contribution in [2.75, 3.05) is 11.9 Å². The largest absolute Gasteiger partial charge is 0.506 e. The number of phenols is 1. The summed E-state index contributed by atoms with van der Waals surface area (Å²) in [5.74, 6) is 0.392. The Morgan fingerprint density at radius 2 is 1.68 bits per heavy atom. The highest BCUT2D eigenvalue weighted by Crippen LogP contribution is 2.29. The number of aromatic hydroxyl groups is 1. The number of anilines is 1. The first-order valence-electron chi connectivity index (χ1n) is 8.44. The van der Waals surface area contributed by atoms with Crippen molar-refractivity contribution in [2.24, 2.45) is 0 Å². The Bertz CT molecular complexity index is 841. The van der Waals surface area contributed by atoms with Crippen molar-refractivity contribution in [3.63, 3.8) is 0 Å². The molecule has 2 N–H and O–H groups in total. The zero-order valence-corrected chi connectivity index (χ0v) is 14.7. The van der Waals surface area contributed by atoms with Crippen LogP contribution in [-0.4, -0.2) is 17.6 Å². The van der Waals surface area contributed by atoms with Crippen LogP contribution in [0.25, 0.3) is 10.8 Å². The smallest absolute Gasteiger partial charge is 0.259 e. The predicted octanol–water partition coefficient (Wildman–Crippen LogP) is 5.22. The summed E-state index contributed by atoms with van der Waals surface area (Å²) < 4.78 is 5.37. The van der Waals surface area contributed by atoms with E-state index >= 15 is 0 Å². The molecule has 0 heterocycles. The van der Waals surface area contributed by atoms with Crippen molar-refractivity contribution >= 4 is 22.4 Å². The van der Waals surface area contributed by atoms with Gasteiger partial charge >= 0.3 is 0 Å². The molecule has 0 aliphatic rings. The highest BCUT2D eigenvalue weighted by atomic mass is 16.5. The first kappa shape index (κ1) is 18.3. The van der Waals surface area contributed by atoms with Crippen molar-refractivity contribution in [2.45, 2.75) is 20.8 Å². The van der Waals surface area contributed by atoms with Crippen LogP contribution in [-0.2, 0) is 0 Å². The zero-order valence-electron chi connectivity index (χ0n) is 14.7. The summed E-state index contributed by atoms with van der Waals surface area (Å²) in [5, 5.41) is 14.7. The molecule has 0 saturated heterocycles. The maximum Gasteiger partial charge on any atom is 0.259 e. The minimum atomic E-state index is -0.350. The molecule has 0 atom stereocenters. The fourth-order valence-electron chi connectivity index (χ4n) is 2.44. The Hall–Kier alpha value is -3.01. The quantitative estimate of drug-likeness (QED) is 0.686. The van der Waals surface area contributed by atoms with E-state index in [2.05, 4.69) is 5.32 Å². The molecule has 0 bridgehead atoms. The highest BCUT2D eigenvalue weighted by Gasteiger charge is 2.13. The lowest BCUT2D eigenvalue weighted by atomic mass is 10.0. The molecule has 1 amide bonds. The lowest BCUT2D eigenvalue weighted by Crippen LogP contribution is -2.12. The molecule has 3 aromatic carbocycles. The second-order valence-corrected chi connectivity index (χ2v) is 5.09. The summed E-state index contributed by atoms with van der Waals surface area (Å²) in [6, 6.07) is 18.0. The van der Waals surface area contributed by atoms with Gasteiger partial charge in [-0.25, -0.2) is 0 Å². The molecule has 3 aromatic rings. The van der Waals surface area contributed by atoms with Gasteiger partial charge in [-0.3, -0.25) is 4.79 Å². The Morgan fingerprint density at radius 1 is 1.00 bits per heavy atom. The summed E-state index contributed by atoms with van der Waals surface area (Å²) in [4.78, 5) is 12.4. The van der Waals surface area contributed by atoms with E-state index in [4.69, 9.17) is 4.74 Å². The zero-order chi connectivity index (χ0) is 18.2. The first-order chi connectivity index (χ1) is 12.2. The standard InChI is InChI=1S/C19H17NO3.C2H6/c1-2-23-15-10-8-14(9-11-15)20-19(22)17-12-7-13-5-3-4-6-16(13)18(17)21;1-2/h3-12,21H,2H2,1H3,(H,20,22);1-2H3. The van der Waals surface area contributed by atoms with Gasteiger partial charge in [-0.1, -0.05) is 44.2 Å². The van der Waals surface area contributed by atoms with E-state index in [-0.39, 0.29) is 17.2 Å². The fraction of sp³-hybridized carbons (Fsp3) is 0.190. The topological polar surface area (TPSA) is 58.6 Å². The van der Waals surface area contributed by atoms with Gasteiger partial charge in [0.15, 0.2) is 0 Å². The van der Waals surface area contributed by atoms with E-state index in [9.17, 15) is 9.90 Å². The summed E-state index contributed by atoms with van der Waals surface area (Å²) >= 11 is 0. The molecule has 0 aliphatic heterocycles. The van der Waals surface area contributed by atoms with Crippen LogP contribution in [0.5, 0.6) is 11.5 Å². The SMILES string of the molecule is CC.CCOc1ccc(NC(=O)c2ccc3ccccc3c2O)cc1. The van der Waals surface area contributed by atoms with Crippen LogP contribution in [0.4, 0.5) is 5.69 Å². The number of benzene rings is 3. The van der Waals surface area contributed by atoms with Crippen molar-refractivity contribution < 1.29 is 14.6 Å². The molecule has 0 spiro atoms. The van der Waals surface area contributed by atoms with Gasteiger partial charge in [-0.05, 0) is 42.6 Å². The predicted molar refractivity (Wildman–Crippen MR) is 103 cm³/mol. The molecular weight excluding hydrogens is 314 g/mol. The third-order valence-corrected chi connectivity index (χ3v) is 3.57. The Kier molecular flexibility index (Phi) is 6.40. The molecule has 0 unspecified atom stereocenters. The maximum absolute atomic E-state index is 12.4. The minimum Gasteiger partial charge on any atom is -0.506 e. The van der Waals surface area contributed by atoms with Crippen molar-refractivity contribution in [1.29, 1.82) is 0 Å². The number of ether oxygens (including phenoxy) is 1. The van der Waals surface area contributed by atoms with Gasteiger partial charge in [0.1, 0.15) is 11.5 Å². The van der Waals surface area contributed by atoms with Crippen LogP contribution in [0.15, 0.2) is 60.7 Å². The third-order valence-electron chi connectivity index (χ3n) is 3.57. The molecule has 0 radical (unpaired) electrons. The summed E-state index contributed by atoms with van der Waals surface area (Å²) in [6.07, 6.45) is 0. The number of rotatable bonds is 4. The lowest BCUT2D eigenvalue weighted by molar-refractivity contribution is 0.102. The van der Waals surface area contributed by atoms with E-state index in [0.29, 0.717) is 17.7 Å². The number of phenolic OH excluding ortho intramolecular Hbond substituents is 1. The molecule has 25 heavy (non-hydrogen) atoms. The molecule has 0 aromatic heterocycles. The Labute approximate surface area is 148 Å². The van der Waals surface area contributed by atoms with Crippen LogP contribution >= 0.6 is 0 Å². The van der Waals surface area contributed by atoms with Crippen molar-refractivity contribution in [3.8, 4) is 11.5 Å². The molecule has 4 heteroatoms. The molecule has 0 aliphatic carbocycles. The van der Waals surface area contributed by atoms with Gasteiger partial charge in [0, 0.05) is 11.1 Å². The van der Waals surface area contributed by atoms with Crippen molar-refractivity contribution in [3.05, 3.63) is 66.2 Å². The van der Waals surface area contributed by atoms with E-state index < -0.39 is 0 Å². The fourth-order valence-corrected chi connectivity index (χ4v) is 2.44. The highest BCUT2D eigenvalue weighted by molar-refractivity contribution is 6.09. The molecule has 130 valence electrons. The molecule has 0 fully saturated rings. The Balaban J connectivity index is 0.00000109. The average Bonchev–Trinajstić information content (AvgIpc) is 2.65. The monoisotopic (exact) mass is 337 g/mol. The number of fused-ring (bicyclic) bond motifs is 1. The van der Waals surface area contributed by atoms with Crippen molar-refractivity contribution in [1.82, 2.24) is 0 Å². The molecule has 4 nitrogen and oxygen atoms in total. The minimum absolute atomic E-state index is 0.00784. The van der Waals surface area contributed by atoms with Crippen LogP contribution in [0, 0.1) is 0 Å². The number of carbonyl (C=O) groups is 1. The van der Waals surface area contributed by atoms with E-state index in [1.54, 1.807) is 36.4 Å². The number of nitrogens with one attached hydrogen (secondary N) is 1. The van der Waals surface area contributed by atoms with E-state index in [0.717, 1.165) is 11.1 Å². The third kappa shape index (κ3) is 4.29. The second-order valence-electron chi connectivity index (χ2n) is 5.09. The summed E-state index contributed by atoms with van der Waals surface area (Å²) in [6.45, 7) is 6.51. The number of amides is 1. The molecular formula is C21H23NO3. The normalized spacial score (nSPS) is 9.88. The van der Waals surface area contributed by atoms with Gasteiger partial charge in [0.25, 0.3) is 5.91 Å². The average molecular weight is 337 g/mol. The van der Waals surface area contributed by atoms with E-state index in [1.165, 1.54) is 0 Å². The maximum atomic E-state index is 12.4. The van der Waals surface area contributed by atoms with Gasteiger partial charge < -0.3 is 15.2 Å². The number of hydrogen-bond donors (Lipinski definition) is 2. The number of hydrogen-bond acceptors (Lipinski definition) is 3. The molecule has 3 rings (SSSR count). The Morgan fingerprint density at radius 3 is 2.36 bits per heavy atom. The number of carbonyl (C=O) groups excluding carboxylic acids is 1. The lowest BCUT2D eigenvalue weighted by Gasteiger charge is -2.10. The van der Waals surface area contributed by atoms with E-state index in [1.807, 2.05) is 45.0 Å². The second kappa shape index (κ2) is 8.73. The summed E-state index contributed by atoms with van der Waals surface area (Å²) in [7, 11) is 0. The van der Waals surface area contributed by atoms with Gasteiger partial charge in [-0.15, -0.1) is 0 Å². The first-order valence-corrected chi connectivity index (χ1v) is 8.44. The van der Waals surface area contributed by atoms with Gasteiger partial charge in [0.05, 0.1) is 12.2 Å². The van der Waals surface area contributed by atoms with Crippen LogP contribution in [0.2, 0.25) is 0 Å². The van der Waals surface area contributed by atoms with Crippen LogP contribution in [0.3, 0.4) is 0 Å². The van der Waals surface area contributed by atoms with Gasteiger partial charge in [-0.2, -0.15) is 0 Å². The molecule has 0 saturated carbocycles. The van der Waals surface area contributed by atoms with Crippen LogP contribution < -0.4 is 10.1 Å².